The van der Waals surface area contributed by atoms with Gasteiger partial charge in [-0.25, -0.2) is 0 Å². The summed E-state index contributed by atoms with van der Waals surface area (Å²) in [5.74, 6) is 0.127. The normalized spacial score (nSPS) is 23.4. The third kappa shape index (κ3) is 8.67. The Bertz CT molecular complexity index is 817. The lowest BCUT2D eigenvalue weighted by molar-refractivity contribution is -0.144. The van der Waals surface area contributed by atoms with Crippen LogP contribution in [-0.4, -0.2) is 36.7 Å². The first-order valence-electron chi connectivity index (χ1n) is 13.0. The predicted molar refractivity (Wildman–Crippen MR) is 125 cm³/mol. The summed E-state index contributed by atoms with van der Waals surface area (Å²) in [5.41, 5.74) is -0.113. The van der Waals surface area contributed by atoms with Crippen LogP contribution in [-0.2, 0) is 15.7 Å². The van der Waals surface area contributed by atoms with E-state index in [2.05, 4.69) is 4.90 Å². The predicted octanol–water partition coefficient (Wildman–Crippen LogP) is 8.09. The van der Waals surface area contributed by atoms with Gasteiger partial charge in [0.25, 0.3) is 0 Å². The fourth-order valence-electron chi connectivity index (χ4n) is 5.93. The molecule has 0 amide bonds. The van der Waals surface area contributed by atoms with E-state index in [-0.39, 0.29) is 36.8 Å². The van der Waals surface area contributed by atoms with E-state index < -0.39 is 24.3 Å². The minimum absolute atomic E-state index is 0.0327. The van der Waals surface area contributed by atoms with Gasteiger partial charge in [0, 0.05) is 24.9 Å². The number of nitrogens with zero attached hydrogens (tertiary/aromatic N) is 1. The standard InChI is InChI=1S/C27H37F6NO2/c1-36-25(35)18-20-14-16-34(24(17-20)21-8-10-22(11-9-21)27(31,32)33)23(13-15-26(28,29)30)12-7-19-5-3-2-4-6-19/h8-11,19-20,23-24H,2-7,12-18H2,1H3/t20-,23-,24+/m1/s1. The molecule has 0 spiro atoms. The van der Waals surface area contributed by atoms with Crippen molar-refractivity contribution in [3.8, 4) is 0 Å². The molecule has 36 heavy (non-hydrogen) atoms. The summed E-state index contributed by atoms with van der Waals surface area (Å²) in [5, 5.41) is 0. The number of carbonyl (C=O) groups is 1. The molecule has 1 saturated carbocycles. The Hall–Kier alpha value is -1.77. The number of methoxy groups -OCH3 is 1. The number of carbonyl (C=O) groups excluding carboxylic acids is 1. The molecule has 2 fully saturated rings. The molecule has 0 bridgehead atoms. The van der Waals surface area contributed by atoms with E-state index in [0.29, 0.717) is 37.3 Å². The van der Waals surface area contributed by atoms with Gasteiger partial charge in [-0.15, -0.1) is 0 Å². The molecule has 1 saturated heterocycles. The van der Waals surface area contributed by atoms with Crippen LogP contribution in [0.5, 0.6) is 0 Å². The maximum atomic E-state index is 13.2. The van der Waals surface area contributed by atoms with Crippen molar-refractivity contribution in [1.29, 1.82) is 0 Å². The second-order valence-electron chi connectivity index (χ2n) is 10.4. The van der Waals surface area contributed by atoms with Gasteiger partial charge < -0.3 is 4.74 Å². The first-order valence-corrected chi connectivity index (χ1v) is 13.0. The number of hydrogen-bond acceptors (Lipinski definition) is 3. The van der Waals surface area contributed by atoms with Crippen molar-refractivity contribution in [3.63, 3.8) is 0 Å². The van der Waals surface area contributed by atoms with Gasteiger partial charge in [0.05, 0.1) is 12.7 Å². The third-order valence-electron chi connectivity index (χ3n) is 7.92. The Morgan fingerprint density at radius 3 is 2.22 bits per heavy atom. The van der Waals surface area contributed by atoms with E-state index in [1.54, 1.807) is 0 Å². The summed E-state index contributed by atoms with van der Waals surface area (Å²) < 4.78 is 83.9. The Labute approximate surface area is 209 Å². The number of benzene rings is 1. The number of likely N-dealkylation sites (tertiary alicyclic amines) is 1. The van der Waals surface area contributed by atoms with E-state index >= 15 is 0 Å². The summed E-state index contributed by atoms with van der Waals surface area (Å²) in [6.45, 7) is 0.501. The van der Waals surface area contributed by atoms with E-state index in [0.717, 1.165) is 44.2 Å². The molecular formula is C27H37F6NO2. The molecule has 1 heterocycles. The second kappa shape index (κ2) is 12.7. The average molecular weight is 522 g/mol. The van der Waals surface area contributed by atoms with Crippen molar-refractivity contribution < 1.29 is 35.9 Å². The van der Waals surface area contributed by atoms with Gasteiger partial charge in [-0.1, -0.05) is 44.2 Å². The molecule has 1 aromatic carbocycles. The number of hydrogen-bond donors (Lipinski definition) is 0. The molecule has 3 atom stereocenters. The number of esters is 1. The van der Waals surface area contributed by atoms with Crippen molar-refractivity contribution in [1.82, 2.24) is 4.90 Å². The average Bonchev–Trinajstić information content (AvgIpc) is 2.84. The van der Waals surface area contributed by atoms with Crippen molar-refractivity contribution >= 4 is 5.97 Å². The number of ether oxygens (including phenoxy) is 1. The highest BCUT2D eigenvalue weighted by atomic mass is 19.4. The zero-order valence-corrected chi connectivity index (χ0v) is 20.8. The van der Waals surface area contributed by atoms with Crippen LogP contribution in [0.4, 0.5) is 26.3 Å². The highest BCUT2D eigenvalue weighted by molar-refractivity contribution is 5.69. The number of rotatable bonds is 9. The van der Waals surface area contributed by atoms with Crippen LogP contribution < -0.4 is 0 Å². The highest BCUT2D eigenvalue weighted by Crippen LogP contribution is 2.41. The molecule has 1 aliphatic carbocycles. The van der Waals surface area contributed by atoms with Crippen LogP contribution in [0.1, 0.15) is 94.2 Å². The minimum Gasteiger partial charge on any atom is -0.469 e. The smallest absolute Gasteiger partial charge is 0.416 e. The minimum atomic E-state index is -4.46. The fraction of sp³-hybridized carbons (Fsp3) is 0.741. The monoisotopic (exact) mass is 521 g/mol. The van der Waals surface area contributed by atoms with Gasteiger partial charge in [-0.2, -0.15) is 26.3 Å². The summed E-state index contributed by atoms with van der Waals surface area (Å²) >= 11 is 0. The highest BCUT2D eigenvalue weighted by Gasteiger charge is 2.38. The van der Waals surface area contributed by atoms with Crippen LogP contribution in [0.2, 0.25) is 0 Å². The van der Waals surface area contributed by atoms with Crippen LogP contribution >= 0.6 is 0 Å². The molecule has 1 aliphatic heterocycles. The van der Waals surface area contributed by atoms with Gasteiger partial charge in [0.2, 0.25) is 0 Å². The Morgan fingerprint density at radius 1 is 0.972 bits per heavy atom. The molecule has 0 radical (unpaired) electrons. The van der Waals surface area contributed by atoms with E-state index in [1.807, 2.05) is 0 Å². The molecular weight excluding hydrogens is 484 g/mol. The molecule has 3 rings (SSSR count). The van der Waals surface area contributed by atoms with Gasteiger partial charge in [0.1, 0.15) is 0 Å². The van der Waals surface area contributed by atoms with E-state index in [9.17, 15) is 31.1 Å². The second-order valence-corrected chi connectivity index (χ2v) is 10.4. The Balaban J connectivity index is 1.83. The molecule has 0 unspecified atom stereocenters. The summed E-state index contributed by atoms with van der Waals surface area (Å²) in [6, 6.07) is 4.26. The molecule has 2 aliphatic rings. The third-order valence-corrected chi connectivity index (χ3v) is 7.92. The first-order chi connectivity index (χ1) is 17.0. The lowest BCUT2D eigenvalue weighted by atomic mass is 9.81. The molecule has 0 N–H and O–H groups in total. The Kier molecular flexibility index (Phi) is 10.1. The fourth-order valence-corrected chi connectivity index (χ4v) is 5.93. The van der Waals surface area contributed by atoms with Gasteiger partial charge >= 0.3 is 18.3 Å². The van der Waals surface area contributed by atoms with E-state index in [4.69, 9.17) is 4.74 Å². The van der Waals surface area contributed by atoms with Crippen LogP contribution in [0, 0.1) is 11.8 Å². The molecule has 204 valence electrons. The lowest BCUT2D eigenvalue weighted by Gasteiger charge is -2.45. The largest absolute Gasteiger partial charge is 0.469 e. The SMILES string of the molecule is COC(=O)C[C@@H]1CCN([C@H](CCC2CCCCC2)CCC(F)(F)F)[C@H](c2ccc(C(F)(F)F)cc2)C1. The zero-order valence-electron chi connectivity index (χ0n) is 20.8. The van der Waals surface area contributed by atoms with Crippen molar-refractivity contribution in [2.24, 2.45) is 11.8 Å². The number of halogens is 6. The van der Waals surface area contributed by atoms with Crippen LogP contribution in [0.15, 0.2) is 24.3 Å². The number of piperidine rings is 1. The summed E-state index contributed by atoms with van der Waals surface area (Å²) in [7, 11) is 1.31. The van der Waals surface area contributed by atoms with Crippen LogP contribution in [0.3, 0.4) is 0 Å². The van der Waals surface area contributed by atoms with Gasteiger partial charge in [-0.05, 0) is 68.2 Å². The molecule has 9 heteroatoms. The van der Waals surface area contributed by atoms with Crippen LogP contribution in [0.25, 0.3) is 0 Å². The van der Waals surface area contributed by atoms with Crippen molar-refractivity contribution in [2.45, 2.75) is 101 Å². The first kappa shape index (κ1) is 28.8. The lowest BCUT2D eigenvalue weighted by Crippen LogP contribution is -2.44. The van der Waals surface area contributed by atoms with Gasteiger partial charge in [0.15, 0.2) is 0 Å². The number of alkyl halides is 6. The quantitative estimate of drug-likeness (QED) is 0.243. The topological polar surface area (TPSA) is 29.5 Å². The van der Waals surface area contributed by atoms with Crippen molar-refractivity contribution in [2.75, 3.05) is 13.7 Å². The van der Waals surface area contributed by atoms with Crippen molar-refractivity contribution in [3.05, 3.63) is 35.4 Å². The maximum absolute atomic E-state index is 13.2. The Morgan fingerprint density at radius 2 is 1.64 bits per heavy atom. The molecule has 1 aromatic rings. The summed E-state index contributed by atoms with van der Waals surface area (Å²) in [6.07, 6.45) is -1.09. The van der Waals surface area contributed by atoms with E-state index in [1.165, 1.54) is 25.7 Å². The molecule has 3 nitrogen and oxygen atoms in total. The summed E-state index contributed by atoms with van der Waals surface area (Å²) in [4.78, 5) is 14.0. The zero-order chi connectivity index (χ0) is 26.3. The molecule has 0 aromatic heterocycles. The van der Waals surface area contributed by atoms with Gasteiger partial charge in [-0.3, -0.25) is 9.69 Å². The maximum Gasteiger partial charge on any atom is 0.416 e.